The lowest BCUT2D eigenvalue weighted by Gasteiger charge is -2.42. The van der Waals surface area contributed by atoms with Crippen molar-refractivity contribution < 1.29 is 31.2 Å². The summed E-state index contributed by atoms with van der Waals surface area (Å²) < 4.78 is 68.9. The summed E-state index contributed by atoms with van der Waals surface area (Å²) in [5.41, 5.74) is 2.38. The molecule has 1 unspecified atom stereocenters. The van der Waals surface area contributed by atoms with Crippen molar-refractivity contribution in [1.29, 1.82) is 0 Å². The largest absolute Gasteiger partial charge is 0.289 e. The van der Waals surface area contributed by atoms with Gasteiger partial charge < -0.3 is 0 Å². The number of halogens is 1. The summed E-state index contributed by atoms with van der Waals surface area (Å²) in [4.78, 5) is 12.3. The summed E-state index contributed by atoms with van der Waals surface area (Å²) in [6, 6.07) is 4.71. The van der Waals surface area contributed by atoms with Crippen LogP contribution in [0.3, 0.4) is 0 Å². The van der Waals surface area contributed by atoms with Crippen molar-refractivity contribution in [2.24, 2.45) is 0 Å². The van der Waals surface area contributed by atoms with Gasteiger partial charge in [0.15, 0.2) is 0 Å². The molecule has 2 fully saturated rings. The summed E-state index contributed by atoms with van der Waals surface area (Å²) >= 11 is 0. The van der Waals surface area contributed by atoms with Crippen molar-refractivity contribution in [3.8, 4) is 0 Å². The van der Waals surface area contributed by atoms with Crippen LogP contribution in [-0.2, 0) is 25.2 Å². The third-order valence-corrected chi connectivity index (χ3v) is 9.87. The van der Waals surface area contributed by atoms with Crippen LogP contribution < -0.4 is 5.48 Å². The number of nitrogens with zero attached hydrogens (tertiary/aromatic N) is 4. The minimum Gasteiger partial charge on any atom is -0.289 e. The zero-order valence-electron chi connectivity index (χ0n) is 17.9. The zero-order chi connectivity index (χ0) is 23.7. The SMILES string of the molecule is CN(C)S(=O)(=O)N1CCN(S(=O)(=O)N2CCC(c3ccc(F)cc3)CC2)C(C(=O)NO)C1. The first-order chi connectivity index (χ1) is 15.0. The Hall–Kier alpha value is -1.68. The second kappa shape index (κ2) is 9.67. The van der Waals surface area contributed by atoms with Gasteiger partial charge in [0.05, 0.1) is 0 Å². The Morgan fingerprint density at radius 3 is 2.16 bits per heavy atom. The lowest BCUT2D eigenvalue weighted by Crippen LogP contribution is -2.64. The predicted molar refractivity (Wildman–Crippen MR) is 113 cm³/mol. The molecule has 2 saturated heterocycles. The number of benzene rings is 1. The standard InChI is InChI=1S/C18H28FN5O6S2/c1-21(2)31(27,28)23-11-12-24(17(13-23)18(25)20-26)32(29,30)22-9-7-15(8-10-22)14-3-5-16(19)6-4-14/h3-6,15,17,26H,7-13H2,1-2H3,(H,20,25). The van der Waals surface area contributed by atoms with Crippen molar-refractivity contribution in [2.75, 3.05) is 46.8 Å². The molecule has 180 valence electrons. The number of hydroxylamine groups is 1. The van der Waals surface area contributed by atoms with Gasteiger partial charge in [-0.1, -0.05) is 12.1 Å². The summed E-state index contributed by atoms with van der Waals surface area (Å²) in [6.07, 6.45) is 1.05. The fourth-order valence-electron chi connectivity index (χ4n) is 4.05. The number of nitrogens with one attached hydrogen (secondary N) is 1. The van der Waals surface area contributed by atoms with E-state index in [0.29, 0.717) is 12.8 Å². The van der Waals surface area contributed by atoms with Crippen LogP contribution in [-0.4, -0.2) is 98.0 Å². The molecule has 1 atom stereocenters. The molecule has 0 aromatic heterocycles. The molecule has 0 radical (unpaired) electrons. The molecule has 0 bridgehead atoms. The van der Waals surface area contributed by atoms with E-state index in [1.165, 1.54) is 36.0 Å². The van der Waals surface area contributed by atoms with Gasteiger partial charge in [-0.2, -0.15) is 34.1 Å². The fourth-order valence-corrected chi connectivity index (χ4v) is 6.92. The number of rotatable bonds is 6. The van der Waals surface area contributed by atoms with Gasteiger partial charge >= 0.3 is 0 Å². The van der Waals surface area contributed by atoms with Crippen LogP contribution in [0.25, 0.3) is 0 Å². The highest BCUT2D eigenvalue weighted by atomic mass is 32.2. The van der Waals surface area contributed by atoms with Gasteiger partial charge in [0, 0.05) is 46.8 Å². The highest BCUT2D eigenvalue weighted by molar-refractivity contribution is 7.87. The predicted octanol–water partition coefficient (Wildman–Crippen LogP) is -0.452. The molecule has 0 spiro atoms. The van der Waals surface area contributed by atoms with E-state index in [2.05, 4.69) is 0 Å². The molecule has 1 amide bonds. The molecule has 3 rings (SSSR count). The molecule has 2 heterocycles. The second-order valence-corrected chi connectivity index (χ2v) is 12.0. The molecule has 2 aliphatic heterocycles. The van der Waals surface area contributed by atoms with Crippen LogP contribution in [0, 0.1) is 5.82 Å². The molecule has 1 aromatic rings. The van der Waals surface area contributed by atoms with E-state index in [1.807, 2.05) is 0 Å². The monoisotopic (exact) mass is 493 g/mol. The van der Waals surface area contributed by atoms with Gasteiger partial charge in [-0.05, 0) is 36.5 Å². The third-order valence-electron chi connectivity index (χ3n) is 5.91. The number of amides is 1. The highest BCUT2D eigenvalue weighted by Gasteiger charge is 2.45. The van der Waals surface area contributed by atoms with Crippen LogP contribution in [0.2, 0.25) is 0 Å². The van der Waals surface area contributed by atoms with Crippen molar-refractivity contribution in [3.05, 3.63) is 35.6 Å². The highest BCUT2D eigenvalue weighted by Crippen LogP contribution is 2.31. The van der Waals surface area contributed by atoms with Crippen molar-refractivity contribution in [1.82, 2.24) is 22.7 Å². The maximum Gasteiger partial charge on any atom is 0.282 e. The molecule has 14 heteroatoms. The number of hydrogen-bond acceptors (Lipinski definition) is 6. The van der Waals surface area contributed by atoms with Crippen molar-refractivity contribution >= 4 is 26.3 Å². The Morgan fingerprint density at radius 2 is 1.62 bits per heavy atom. The first-order valence-corrected chi connectivity index (χ1v) is 12.9. The van der Waals surface area contributed by atoms with Crippen molar-refractivity contribution in [2.45, 2.75) is 24.8 Å². The van der Waals surface area contributed by atoms with Crippen molar-refractivity contribution in [3.63, 3.8) is 0 Å². The van der Waals surface area contributed by atoms with E-state index in [9.17, 15) is 26.0 Å². The molecular formula is C18H28FN5O6S2. The second-order valence-electron chi connectivity index (χ2n) is 7.98. The van der Waals surface area contributed by atoms with Gasteiger partial charge in [-0.3, -0.25) is 10.0 Å². The summed E-state index contributed by atoms with van der Waals surface area (Å²) in [7, 11) is -5.28. The summed E-state index contributed by atoms with van der Waals surface area (Å²) in [5.74, 6) is -1.26. The molecule has 32 heavy (non-hydrogen) atoms. The van der Waals surface area contributed by atoms with Gasteiger partial charge in [-0.15, -0.1) is 0 Å². The van der Waals surface area contributed by atoms with E-state index in [4.69, 9.17) is 5.21 Å². The topological polar surface area (TPSA) is 131 Å². The first-order valence-electron chi connectivity index (χ1n) is 10.1. The number of carbonyl (C=O) groups is 1. The molecular weight excluding hydrogens is 465 g/mol. The van der Waals surface area contributed by atoms with Gasteiger partial charge in [-0.25, -0.2) is 9.87 Å². The van der Waals surface area contributed by atoms with Crippen LogP contribution >= 0.6 is 0 Å². The normalized spacial score (nSPS) is 22.8. The molecule has 1 aromatic carbocycles. The van der Waals surface area contributed by atoms with E-state index in [1.54, 1.807) is 12.1 Å². The van der Waals surface area contributed by atoms with E-state index in [0.717, 1.165) is 18.5 Å². The maximum atomic E-state index is 13.3. The third kappa shape index (κ3) is 4.95. The van der Waals surface area contributed by atoms with Crippen LogP contribution in [0.4, 0.5) is 4.39 Å². The van der Waals surface area contributed by atoms with Gasteiger partial charge in [0.2, 0.25) is 0 Å². The Bertz CT molecular complexity index is 1030. The Morgan fingerprint density at radius 1 is 1.03 bits per heavy atom. The molecule has 11 nitrogen and oxygen atoms in total. The van der Waals surface area contributed by atoms with Gasteiger partial charge in [0.25, 0.3) is 26.3 Å². The number of piperidine rings is 1. The lowest BCUT2D eigenvalue weighted by molar-refractivity contribution is -0.134. The molecule has 2 N–H and O–H groups in total. The maximum absolute atomic E-state index is 13.3. The number of hydrogen-bond donors (Lipinski definition) is 2. The number of carbonyl (C=O) groups excluding carboxylic acids is 1. The molecule has 2 aliphatic rings. The minimum absolute atomic E-state index is 0.0840. The van der Waals surface area contributed by atoms with Crippen LogP contribution in [0.5, 0.6) is 0 Å². The van der Waals surface area contributed by atoms with E-state index >= 15 is 0 Å². The first kappa shape index (κ1) is 25.0. The Labute approximate surface area is 187 Å². The lowest BCUT2D eigenvalue weighted by atomic mass is 9.90. The van der Waals surface area contributed by atoms with E-state index < -0.39 is 38.9 Å². The van der Waals surface area contributed by atoms with Crippen LogP contribution in [0.1, 0.15) is 24.3 Å². The Kier molecular flexibility index (Phi) is 7.54. The molecule has 0 aliphatic carbocycles. The zero-order valence-corrected chi connectivity index (χ0v) is 19.5. The van der Waals surface area contributed by atoms with Crippen LogP contribution in [0.15, 0.2) is 24.3 Å². The quantitative estimate of drug-likeness (QED) is 0.408. The summed E-state index contributed by atoms with van der Waals surface area (Å²) in [5, 5.41) is 9.12. The minimum atomic E-state index is -4.09. The average molecular weight is 494 g/mol. The molecule has 0 saturated carbocycles. The van der Waals surface area contributed by atoms with E-state index in [-0.39, 0.29) is 37.9 Å². The average Bonchev–Trinajstić information content (AvgIpc) is 2.78. The fraction of sp³-hybridized carbons (Fsp3) is 0.611. The smallest absolute Gasteiger partial charge is 0.282 e. The number of piperazine rings is 1. The van der Waals surface area contributed by atoms with Gasteiger partial charge in [0.1, 0.15) is 11.9 Å². The summed E-state index contributed by atoms with van der Waals surface area (Å²) in [6.45, 7) is -0.368. The Balaban J connectivity index is 1.75.